The van der Waals surface area contributed by atoms with E-state index in [2.05, 4.69) is 25.8 Å². The molecule has 7 nitrogen and oxygen atoms in total. The van der Waals surface area contributed by atoms with Gasteiger partial charge in [0, 0.05) is 26.7 Å². The van der Waals surface area contributed by atoms with Crippen molar-refractivity contribution in [1.82, 2.24) is 20.9 Å². The molecule has 0 bridgehead atoms. The molecule has 26 heavy (non-hydrogen) atoms. The molecular formula is C18H38IN5O2. The van der Waals surface area contributed by atoms with Gasteiger partial charge in [0.15, 0.2) is 5.96 Å². The molecule has 154 valence electrons. The third-order valence-corrected chi connectivity index (χ3v) is 3.93. The van der Waals surface area contributed by atoms with Crippen molar-refractivity contribution in [2.45, 2.75) is 58.5 Å². The van der Waals surface area contributed by atoms with Crippen LogP contribution >= 0.6 is 24.0 Å². The first-order valence-corrected chi connectivity index (χ1v) is 9.54. The largest absolute Gasteiger partial charge is 0.444 e. The zero-order valence-electron chi connectivity index (χ0n) is 16.9. The quantitative estimate of drug-likeness (QED) is 0.203. The van der Waals surface area contributed by atoms with Gasteiger partial charge < -0.3 is 25.6 Å². The Morgan fingerprint density at radius 1 is 1.00 bits per heavy atom. The van der Waals surface area contributed by atoms with Crippen LogP contribution in [0.15, 0.2) is 4.99 Å². The topological polar surface area (TPSA) is 78.0 Å². The van der Waals surface area contributed by atoms with Crippen molar-refractivity contribution in [2.75, 3.05) is 46.3 Å². The highest BCUT2D eigenvalue weighted by atomic mass is 127. The van der Waals surface area contributed by atoms with Crippen molar-refractivity contribution in [1.29, 1.82) is 0 Å². The maximum Gasteiger partial charge on any atom is 0.407 e. The summed E-state index contributed by atoms with van der Waals surface area (Å²) in [5.41, 5.74) is -0.455. The zero-order chi connectivity index (χ0) is 18.5. The van der Waals surface area contributed by atoms with Gasteiger partial charge in [0.05, 0.1) is 0 Å². The highest BCUT2D eigenvalue weighted by Crippen LogP contribution is 2.08. The molecule has 0 aromatic carbocycles. The molecule has 0 spiro atoms. The molecule has 1 amide bonds. The number of nitrogens with zero attached hydrogens (tertiary/aromatic N) is 2. The minimum absolute atomic E-state index is 0. The van der Waals surface area contributed by atoms with Crippen molar-refractivity contribution in [2.24, 2.45) is 4.99 Å². The summed E-state index contributed by atoms with van der Waals surface area (Å²) in [4.78, 5) is 18.3. The molecule has 0 radical (unpaired) electrons. The van der Waals surface area contributed by atoms with Crippen LogP contribution in [-0.4, -0.2) is 68.9 Å². The van der Waals surface area contributed by atoms with E-state index in [-0.39, 0.29) is 30.1 Å². The molecular weight excluding hydrogens is 445 g/mol. The van der Waals surface area contributed by atoms with Crippen LogP contribution in [0, 0.1) is 0 Å². The lowest BCUT2D eigenvalue weighted by Gasteiger charge is -2.19. The van der Waals surface area contributed by atoms with E-state index >= 15 is 0 Å². The number of carbonyl (C=O) groups is 1. The molecule has 1 rings (SSSR count). The molecule has 1 heterocycles. The summed E-state index contributed by atoms with van der Waals surface area (Å²) in [6.07, 6.45) is 5.54. The lowest BCUT2D eigenvalue weighted by molar-refractivity contribution is 0.0527. The average molecular weight is 483 g/mol. The number of rotatable bonds is 9. The van der Waals surface area contributed by atoms with Gasteiger partial charge >= 0.3 is 6.09 Å². The Bertz CT molecular complexity index is 407. The first kappa shape index (κ1) is 25.2. The van der Waals surface area contributed by atoms with Gasteiger partial charge in [-0.25, -0.2) is 4.79 Å². The predicted molar refractivity (Wildman–Crippen MR) is 119 cm³/mol. The number of aliphatic imine (C=N–C) groups is 1. The first-order chi connectivity index (χ1) is 11.9. The SMILES string of the molecule is CN=C(NCCCCN1CCCC1)NCCCNC(=O)OC(C)(C)C.I. The van der Waals surface area contributed by atoms with Crippen molar-refractivity contribution >= 4 is 36.0 Å². The number of unbranched alkanes of at least 4 members (excludes halogenated alkanes) is 1. The highest BCUT2D eigenvalue weighted by molar-refractivity contribution is 14.0. The smallest absolute Gasteiger partial charge is 0.407 e. The number of hydrogen-bond donors (Lipinski definition) is 3. The molecule has 1 fully saturated rings. The van der Waals surface area contributed by atoms with Gasteiger partial charge in [-0.05, 0) is 72.5 Å². The number of hydrogen-bond acceptors (Lipinski definition) is 4. The molecule has 0 unspecified atom stereocenters. The second-order valence-corrected chi connectivity index (χ2v) is 7.46. The van der Waals surface area contributed by atoms with Crippen LogP contribution in [0.5, 0.6) is 0 Å². The number of halogens is 1. The van der Waals surface area contributed by atoms with E-state index in [1.54, 1.807) is 7.05 Å². The molecule has 0 aliphatic carbocycles. The van der Waals surface area contributed by atoms with Crippen LogP contribution in [0.3, 0.4) is 0 Å². The minimum Gasteiger partial charge on any atom is -0.444 e. The van der Waals surface area contributed by atoms with Gasteiger partial charge in [-0.3, -0.25) is 4.99 Å². The van der Waals surface area contributed by atoms with E-state index in [1.807, 2.05) is 20.8 Å². The molecule has 0 aromatic rings. The summed E-state index contributed by atoms with van der Waals surface area (Å²) in [5, 5.41) is 9.35. The normalized spacial score (nSPS) is 15.3. The van der Waals surface area contributed by atoms with Gasteiger partial charge in [0.1, 0.15) is 5.60 Å². The van der Waals surface area contributed by atoms with Crippen molar-refractivity contribution in [3.05, 3.63) is 0 Å². The Hall–Kier alpha value is -0.770. The fourth-order valence-corrected chi connectivity index (χ4v) is 2.69. The van der Waals surface area contributed by atoms with Crippen LogP contribution in [-0.2, 0) is 4.74 Å². The Balaban J connectivity index is 0.00000625. The summed E-state index contributed by atoms with van der Waals surface area (Å²) in [7, 11) is 1.78. The second-order valence-electron chi connectivity index (χ2n) is 7.46. The number of ether oxygens (including phenoxy) is 1. The second kappa shape index (κ2) is 14.3. The lowest BCUT2D eigenvalue weighted by Crippen LogP contribution is -2.39. The predicted octanol–water partition coefficient (Wildman–Crippen LogP) is 2.56. The molecule has 3 N–H and O–H groups in total. The number of amides is 1. The van der Waals surface area contributed by atoms with E-state index in [1.165, 1.54) is 38.9 Å². The van der Waals surface area contributed by atoms with E-state index in [0.29, 0.717) is 6.54 Å². The highest BCUT2D eigenvalue weighted by Gasteiger charge is 2.15. The monoisotopic (exact) mass is 483 g/mol. The third kappa shape index (κ3) is 13.4. The van der Waals surface area contributed by atoms with E-state index in [4.69, 9.17) is 4.74 Å². The Morgan fingerprint density at radius 2 is 1.58 bits per heavy atom. The minimum atomic E-state index is -0.455. The lowest BCUT2D eigenvalue weighted by atomic mass is 10.2. The fourth-order valence-electron chi connectivity index (χ4n) is 2.69. The maximum atomic E-state index is 11.5. The van der Waals surface area contributed by atoms with Crippen molar-refractivity contribution in [3.63, 3.8) is 0 Å². The van der Waals surface area contributed by atoms with Crippen molar-refractivity contribution in [3.8, 4) is 0 Å². The van der Waals surface area contributed by atoms with Crippen molar-refractivity contribution < 1.29 is 9.53 Å². The van der Waals surface area contributed by atoms with E-state index in [9.17, 15) is 4.79 Å². The van der Waals surface area contributed by atoms with Crippen LogP contribution in [0.1, 0.15) is 52.9 Å². The summed E-state index contributed by atoms with van der Waals surface area (Å²) >= 11 is 0. The molecule has 0 atom stereocenters. The fraction of sp³-hybridized carbons (Fsp3) is 0.889. The summed E-state index contributed by atoms with van der Waals surface area (Å²) < 4.78 is 5.19. The Kier molecular flexibility index (Phi) is 13.9. The zero-order valence-corrected chi connectivity index (χ0v) is 19.2. The van der Waals surface area contributed by atoms with Crippen LogP contribution in [0.2, 0.25) is 0 Å². The number of nitrogens with one attached hydrogen (secondary N) is 3. The van der Waals surface area contributed by atoms with Gasteiger partial charge in [-0.1, -0.05) is 0 Å². The van der Waals surface area contributed by atoms with Gasteiger partial charge in [-0.15, -0.1) is 24.0 Å². The Labute approximate surface area is 176 Å². The maximum absolute atomic E-state index is 11.5. The molecule has 8 heteroatoms. The molecule has 1 aliphatic heterocycles. The van der Waals surface area contributed by atoms with Crippen LogP contribution in [0.25, 0.3) is 0 Å². The number of guanidine groups is 1. The van der Waals surface area contributed by atoms with Crippen LogP contribution < -0.4 is 16.0 Å². The summed E-state index contributed by atoms with van der Waals surface area (Å²) in [6.45, 7) is 11.6. The number of likely N-dealkylation sites (tertiary alicyclic amines) is 1. The molecule has 0 aromatic heterocycles. The average Bonchev–Trinajstić information content (AvgIpc) is 3.04. The summed E-state index contributed by atoms with van der Waals surface area (Å²) in [6, 6.07) is 0. The summed E-state index contributed by atoms with van der Waals surface area (Å²) in [5.74, 6) is 0.818. The first-order valence-electron chi connectivity index (χ1n) is 9.54. The van der Waals surface area contributed by atoms with E-state index in [0.717, 1.165) is 31.9 Å². The number of carbonyl (C=O) groups excluding carboxylic acids is 1. The van der Waals surface area contributed by atoms with Gasteiger partial charge in [0.25, 0.3) is 0 Å². The van der Waals surface area contributed by atoms with E-state index < -0.39 is 5.60 Å². The third-order valence-electron chi connectivity index (χ3n) is 3.93. The van der Waals surface area contributed by atoms with Crippen LogP contribution in [0.4, 0.5) is 4.79 Å². The molecule has 1 saturated heterocycles. The van der Waals surface area contributed by atoms with Gasteiger partial charge in [-0.2, -0.15) is 0 Å². The molecule has 1 aliphatic rings. The standard InChI is InChI=1S/C18H37N5O2.HI/c1-18(2,3)25-17(24)22-12-9-11-21-16(19-4)20-10-5-6-13-23-14-7-8-15-23;/h5-15H2,1-4H3,(H,22,24)(H2,19,20,21);1H. The molecule has 0 saturated carbocycles. The van der Waals surface area contributed by atoms with Gasteiger partial charge in [0.2, 0.25) is 0 Å². The Morgan fingerprint density at radius 3 is 2.15 bits per heavy atom. The number of alkyl carbamates (subject to hydrolysis) is 1.